The molecule has 2 aliphatic carbocycles. The lowest BCUT2D eigenvalue weighted by molar-refractivity contribution is 0.304. The standard InChI is InChI=1S/C12H17ClN2O/c13-4-3-11-14-15-12(16-11)7-10-6-8-1-2-9(10)5-8/h8-10H,1-7H2. The summed E-state index contributed by atoms with van der Waals surface area (Å²) in [5, 5.41) is 8.12. The Morgan fingerprint density at radius 1 is 1.19 bits per heavy atom. The summed E-state index contributed by atoms with van der Waals surface area (Å²) in [6, 6.07) is 0. The summed E-state index contributed by atoms with van der Waals surface area (Å²) < 4.78 is 5.59. The molecule has 0 N–H and O–H groups in total. The van der Waals surface area contributed by atoms with Gasteiger partial charge in [0.25, 0.3) is 0 Å². The van der Waals surface area contributed by atoms with E-state index >= 15 is 0 Å². The molecule has 3 unspecified atom stereocenters. The van der Waals surface area contributed by atoms with Gasteiger partial charge in [-0.15, -0.1) is 21.8 Å². The first kappa shape index (κ1) is 10.6. The fraction of sp³-hybridized carbons (Fsp3) is 0.833. The molecule has 0 spiro atoms. The summed E-state index contributed by atoms with van der Waals surface area (Å²) >= 11 is 5.64. The third-order valence-corrected chi connectivity index (χ3v) is 4.33. The minimum absolute atomic E-state index is 0.551. The van der Waals surface area contributed by atoms with E-state index in [9.17, 15) is 0 Å². The first-order chi connectivity index (χ1) is 7.85. The monoisotopic (exact) mass is 240 g/mol. The molecule has 1 aromatic rings. The lowest BCUT2D eigenvalue weighted by Gasteiger charge is -2.19. The molecule has 2 fully saturated rings. The van der Waals surface area contributed by atoms with E-state index in [1.165, 1.54) is 25.7 Å². The Morgan fingerprint density at radius 2 is 2.06 bits per heavy atom. The number of hydrogen-bond donors (Lipinski definition) is 0. The van der Waals surface area contributed by atoms with Crippen molar-refractivity contribution in [3.05, 3.63) is 11.8 Å². The molecule has 88 valence electrons. The molecule has 1 heterocycles. The molecule has 1 aromatic heterocycles. The van der Waals surface area contributed by atoms with E-state index in [1.54, 1.807) is 0 Å². The van der Waals surface area contributed by atoms with Gasteiger partial charge in [0, 0.05) is 18.7 Å². The maximum absolute atomic E-state index is 5.64. The molecule has 16 heavy (non-hydrogen) atoms. The van der Waals surface area contributed by atoms with Crippen LogP contribution in [0.4, 0.5) is 0 Å². The van der Waals surface area contributed by atoms with E-state index in [0.29, 0.717) is 18.2 Å². The molecule has 3 nitrogen and oxygen atoms in total. The Hall–Kier alpha value is -0.570. The molecule has 2 saturated carbocycles. The van der Waals surface area contributed by atoms with Crippen molar-refractivity contribution >= 4 is 11.6 Å². The van der Waals surface area contributed by atoms with Crippen LogP contribution in [0.15, 0.2) is 4.42 Å². The third-order valence-electron chi connectivity index (χ3n) is 4.14. The highest BCUT2D eigenvalue weighted by atomic mass is 35.5. The normalized spacial score (nSPS) is 32.4. The Balaban J connectivity index is 1.61. The van der Waals surface area contributed by atoms with Crippen molar-refractivity contribution in [2.45, 2.75) is 38.5 Å². The summed E-state index contributed by atoms with van der Waals surface area (Å²) in [4.78, 5) is 0. The van der Waals surface area contributed by atoms with Crippen molar-refractivity contribution in [3.63, 3.8) is 0 Å². The second kappa shape index (κ2) is 4.36. The molecule has 0 aromatic carbocycles. The zero-order chi connectivity index (χ0) is 11.0. The summed E-state index contributed by atoms with van der Waals surface area (Å²) in [5.74, 6) is 4.76. The van der Waals surface area contributed by atoms with Crippen LogP contribution >= 0.6 is 11.6 Å². The van der Waals surface area contributed by atoms with Crippen LogP contribution in [0.25, 0.3) is 0 Å². The first-order valence-corrected chi connectivity index (χ1v) is 6.76. The predicted octanol–water partition coefficient (Wildman–Crippen LogP) is 2.83. The van der Waals surface area contributed by atoms with Gasteiger partial charge in [0.1, 0.15) is 0 Å². The largest absolute Gasteiger partial charge is 0.425 e. The molecule has 0 radical (unpaired) electrons. The van der Waals surface area contributed by atoms with Gasteiger partial charge in [0.15, 0.2) is 0 Å². The Kier molecular flexibility index (Phi) is 2.88. The molecule has 0 saturated heterocycles. The summed E-state index contributed by atoms with van der Waals surface area (Å²) in [5.41, 5.74) is 0. The SMILES string of the molecule is ClCCc1nnc(CC2CC3CCC2C3)o1. The van der Waals surface area contributed by atoms with Gasteiger partial charge in [0.05, 0.1) is 0 Å². The predicted molar refractivity (Wildman–Crippen MR) is 61.4 cm³/mol. The lowest BCUT2D eigenvalue weighted by atomic mass is 9.86. The third kappa shape index (κ3) is 1.97. The van der Waals surface area contributed by atoms with Gasteiger partial charge in [0.2, 0.25) is 11.8 Å². The molecule has 4 heteroatoms. The molecular weight excluding hydrogens is 224 g/mol. The van der Waals surface area contributed by atoms with E-state index in [2.05, 4.69) is 10.2 Å². The van der Waals surface area contributed by atoms with Gasteiger partial charge in [-0.25, -0.2) is 0 Å². The molecule has 2 aliphatic rings. The van der Waals surface area contributed by atoms with E-state index in [4.69, 9.17) is 16.0 Å². The summed E-state index contributed by atoms with van der Waals surface area (Å²) in [7, 11) is 0. The summed E-state index contributed by atoms with van der Waals surface area (Å²) in [6.07, 6.45) is 7.34. The molecule has 0 aliphatic heterocycles. The van der Waals surface area contributed by atoms with Crippen molar-refractivity contribution < 1.29 is 4.42 Å². The Labute approximate surface area is 101 Å². The van der Waals surface area contributed by atoms with E-state index in [-0.39, 0.29) is 0 Å². The van der Waals surface area contributed by atoms with Crippen LogP contribution < -0.4 is 0 Å². The number of aryl methyl sites for hydroxylation is 1. The summed E-state index contributed by atoms with van der Waals surface area (Å²) in [6.45, 7) is 0. The van der Waals surface area contributed by atoms with Crippen molar-refractivity contribution in [3.8, 4) is 0 Å². The van der Waals surface area contributed by atoms with Crippen LogP contribution in [0.3, 0.4) is 0 Å². The van der Waals surface area contributed by atoms with Crippen LogP contribution in [-0.2, 0) is 12.8 Å². The average molecular weight is 241 g/mol. The number of aromatic nitrogens is 2. The van der Waals surface area contributed by atoms with Crippen LogP contribution in [0.5, 0.6) is 0 Å². The van der Waals surface area contributed by atoms with Crippen molar-refractivity contribution in [2.75, 3.05) is 5.88 Å². The first-order valence-electron chi connectivity index (χ1n) is 6.22. The highest BCUT2D eigenvalue weighted by Gasteiger charge is 2.39. The quantitative estimate of drug-likeness (QED) is 0.760. The molecule has 3 rings (SSSR count). The lowest BCUT2D eigenvalue weighted by Crippen LogP contribution is -2.13. The number of hydrogen-bond acceptors (Lipinski definition) is 3. The van der Waals surface area contributed by atoms with Gasteiger partial charge in [-0.3, -0.25) is 0 Å². The van der Waals surface area contributed by atoms with Crippen molar-refractivity contribution in [2.24, 2.45) is 17.8 Å². The van der Waals surface area contributed by atoms with E-state index in [0.717, 1.165) is 30.1 Å². The highest BCUT2D eigenvalue weighted by molar-refractivity contribution is 6.17. The molecule has 3 atom stereocenters. The number of nitrogens with zero attached hydrogens (tertiary/aromatic N) is 2. The second-order valence-electron chi connectivity index (χ2n) is 5.17. The highest BCUT2D eigenvalue weighted by Crippen LogP contribution is 2.49. The minimum atomic E-state index is 0.551. The smallest absolute Gasteiger partial charge is 0.217 e. The zero-order valence-corrected chi connectivity index (χ0v) is 10.1. The van der Waals surface area contributed by atoms with Crippen molar-refractivity contribution in [1.29, 1.82) is 0 Å². The van der Waals surface area contributed by atoms with Crippen LogP contribution in [0.2, 0.25) is 0 Å². The number of fused-ring (bicyclic) bond motifs is 2. The van der Waals surface area contributed by atoms with Gasteiger partial charge in [-0.1, -0.05) is 6.42 Å². The zero-order valence-electron chi connectivity index (χ0n) is 9.36. The maximum Gasteiger partial charge on any atom is 0.217 e. The van der Waals surface area contributed by atoms with E-state index in [1.807, 2.05) is 0 Å². The van der Waals surface area contributed by atoms with Crippen LogP contribution in [0, 0.1) is 17.8 Å². The van der Waals surface area contributed by atoms with Gasteiger partial charge in [-0.2, -0.15) is 0 Å². The number of rotatable bonds is 4. The van der Waals surface area contributed by atoms with E-state index < -0.39 is 0 Å². The maximum atomic E-state index is 5.64. The average Bonchev–Trinajstić information content (AvgIpc) is 2.95. The Morgan fingerprint density at radius 3 is 2.75 bits per heavy atom. The van der Waals surface area contributed by atoms with Gasteiger partial charge < -0.3 is 4.42 Å². The topological polar surface area (TPSA) is 38.9 Å². The second-order valence-corrected chi connectivity index (χ2v) is 5.55. The molecule has 2 bridgehead atoms. The van der Waals surface area contributed by atoms with Crippen molar-refractivity contribution in [1.82, 2.24) is 10.2 Å². The molecular formula is C12H17ClN2O. The van der Waals surface area contributed by atoms with Crippen LogP contribution in [0.1, 0.15) is 37.5 Å². The van der Waals surface area contributed by atoms with Crippen LogP contribution in [-0.4, -0.2) is 16.1 Å². The molecule has 0 amide bonds. The minimum Gasteiger partial charge on any atom is -0.425 e. The fourth-order valence-corrected chi connectivity index (χ4v) is 3.57. The Bertz CT molecular complexity index is 366. The fourth-order valence-electron chi connectivity index (χ4n) is 3.40. The van der Waals surface area contributed by atoms with Gasteiger partial charge >= 0.3 is 0 Å². The van der Waals surface area contributed by atoms with Gasteiger partial charge in [-0.05, 0) is 37.0 Å². The number of halogens is 1. The number of alkyl halides is 1.